The molecule has 0 aliphatic rings. The lowest BCUT2D eigenvalue weighted by Crippen LogP contribution is -2.18. The first-order valence-corrected chi connectivity index (χ1v) is 12.7. The van der Waals surface area contributed by atoms with Crippen molar-refractivity contribution >= 4 is 35.3 Å². The molecule has 1 amide bonds. The number of thioether (sulfide) groups is 1. The number of rotatable bonds is 12. The summed E-state index contributed by atoms with van der Waals surface area (Å²) in [6.07, 6.45) is 1.70. The molecule has 0 spiro atoms. The van der Waals surface area contributed by atoms with Gasteiger partial charge < -0.3 is 19.5 Å². The number of anilines is 1. The number of hydrogen-bond donors (Lipinski definition) is 1. The number of hydrogen-bond acceptors (Lipinski definition) is 9. The summed E-state index contributed by atoms with van der Waals surface area (Å²) in [5.41, 5.74) is 1.64. The Morgan fingerprint density at radius 2 is 1.76 bits per heavy atom. The highest BCUT2D eigenvalue weighted by molar-refractivity contribution is 7.99. The minimum absolute atomic E-state index is 0.0319. The van der Waals surface area contributed by atoms with Crippen molar-refractivity contribution in [3.05, 3.63) is 77.6 Å². The van der Waals surface area contributed by atoms with Gasteiger partial charge in [-0.05, 0) is 41.8 Å². The van der Waals surface area contributed by atoms with E-state index in [-0.39, 0.29) is 29.2 Å². The van der Waals surface area contributed by atoms with E-state index in [0.717, 1.165) is 11.8 Å². The first kappa shape index (κ1) is 28.5. The van der Waals surface area contributed by atoms with Crippen LogP contribution in [0, 0.1) is 0 Å². The molecule has 1 aromatic heterocycles. The van der Waals surface area contributed by atoms with Crippen molar-refractivity contribution < 1.29 is 28.6 Å². The van der Waals surface area contributed by atoms with Crippen molar-refractivity contribution in [3.63, 3.8) is 0 Å². The van der Waals surface area contributed by atoms with Gasteiger partial charge in [-0.3, -0.25) is 9.36 Å². The Morgan fingerprint density at radius 3 is 2.39 bits per heavy atom. The van der Waals surface area contributed by atoms with Gasteiger partial charge >= 0.3 is 11.9 Å². The summed E-state index contributed by atoms with van der Waals surface area (Å²) >= 11 is 1.16. The first-order valence-electron chi connectivity index (χ1n) is 11.8. The number of nitrogens with zero attached hydrogens (tertiary/aromatic N) is 3. The molecule has 10 nitrogen and oxygen atoms in total. The third-order valence-corrected chi connectivity index (χ3v) is 6.44. The molecule has 2 aromatic carbocycles. The maximum Gasteiger partial charge on any atom is 0.339 e. The lowest BCUT2D eigenvalue weighted by Gasteiger charge is -2.12. The van der Waals surface area contributed by atoms with E-state index in [1.54, 1.807) is 6.08 Å². The number of aromatic nitrogens is 3. The van der Waals surface area contributed by atoms with Crippen LogP contribution in [0.1, 0.15) is 51.9 Å². The monoisotopic (exact) mass is 538 g/mol. The predicted molar refractivity (Wildman–Crippen MR) is 144 cm³/mol. The minimum atomic E-state index is -0.654. The quantitative estimate of drug-likeness (QED) is 0.202. The summed E-state index contributed by atoms with van der Waals surface area (Å²) < 4.78 is 17.2. The topological polar surface area (TPSA) is 122 Å². The van der Waals surface area contributed by atoms with Crippen molar-refractivity contribution in [2.75, 3.05) is 25.3 Å². The fourth-order valence-corrected chi connectivity index (χ4v) is 4.21. The van der Waals surface area contributed by atoms with Crippen molar-refractivity contribution in [2.24, 2.45) is 0 Å². The molecule has 1 heterocycles. The SMILES string of the molecule is C=CCn1c(COc2ccc(C(C)C)cc2)nnc1SCC(=O)Nc1cc(C(=O)OC)ccc1C(=O)OC. The van der Waals surface area contributed by atoms with Crippen LogP contribution in [-0.2, 0) is 27.4 Å². The number of carbonyl (C=O) groups excluding carboxylic acids is 3. The molecular weight excluding hydrogens is 508 g/mol. The van der Waals surface area contributed by atoms with Crippen LogP contribution >= 0.6 is 11.8 Å². The highest BCUT2D eigenvalue weighted by Gasteiger charge is 2.19. The van der Waals surface area contributed by atoms with Gasteiger partial charge in [0.2, 0.25) is 5.91 Å². The number of amides is 1. The molecule has 0 radical (unpaired) electrons. The van der Waals surface area contributed by atoms with Gasteiger partial charge in [0.05, 0.1) is 36.8 Å². The van der Waals surface area contributed by atoms with Crippen molar-refractivity contribution in [3.8, 4) is 5.75 Å². The maximum atomic E-state index is 12.8. The second-order valence-electron chi connectivity index (χ2n) is 8.39. The largest absolute Gasteiger partial charge is 0.486 e. The predicted octanol–water partition coefficient (Wildman–Crippen LogP) is 4.47. The van der Waals surface area contributed by atoms with Gasteiger partial charge in [0.1, 0.15) is 12.4 Å². The summed E-state index contributed by atoms with van der Waals surface area (Å²) in [4.78, 5) is 36.8. The molecule has 0 fully saturated rings. The zero-order valence-corrected chi connectivity index (χ0v) is 22.5. The van der Waals surface area contributed by atoms with E-state index in [4.69, 9.17) is 14.2 Å². The van der Waals surface area contributed by atoms with E-state index in [0.29, 0.717) is 29.2 Å². The standard InChI is InChI=1S/C27H30N4O6S/c1-6-13-31-23(15-37-20-10-7-18(8-11-20)17(2)3)29-30-27(31)38-16-24(32)28-22-14-19(25(33)35-4)9-12-21(22)26(34)36-5/h6-12,14,17H,1,13,15-16H2,2-5H3,(H,28,32). The Kier molecular flexibility index (Phi) is 10.1. The second-order valence-corrected chi connectivity index (χ2v) is 9.33. The van der Waals surface area contributed by atoms with E-state index >= 15 is 0 Å². The van der Waals surface area contributed by atoms with E-state index in [9.17, 15) is 14.4 Å². The van der Waals surface area contributed by atoms with Gasteiger partial charge in [-0.2, -0.15) is 0 Å². The summed E-state index contributed by atoms with van der Waals surface area (Å²) in [5, 5.41) is 11.6. The Labute approximate surface area is 225 Å². The molecule has 3 rings (SSSR count). The number of nitrogens with one attached hydrogen (secondary N) is 1. The molecule has 38 heavy (non-hydrogen) atoms. The summed E-state index contributed by atoms with van der Waals surface area (Å²) in [6.45, 7) is 8.67. The van der Waals surface area contributed by atoms with Crippen LogP contribution in [0.2, 0.25) is 0 Å². The Morgan fingerprint density at radius 1 is 1.05 bits per heavy atom. The van der Waals surface area contributed by atoms with Crippen LogP contribution in [0.3, 0.4) is 0 Å². The average molecular weight is 539 g/mol. The zero-order chi connectivity index (χ0) is 27.7. The second kappa shape index (κ2) is 13.4. The fourth-order valence-electron chi connectivity index (χ4n) is 3.44. The van der Waals surface area contributed by atoms with E-state index in [1.807, 2.05) is 28.8 Å². The number of esters is 2. The number of carbonyl (C=O) groups is 3. The van der Waals surface area contributed by atoms with Gasteiger partial charge in [-0.1, -0.05) is 43.8 Å². The van der Waals surface area contributed by atoms with Crippen LogP contribution in [0.15, 0.2) is 60.3 Å². The van der Waals surface area contributed by atoms with Crippen LogP contribution in [-0.4, -0.2) is 52.6 Å². The summed E-state index contributed by atoms with van der Waals surface area (Å²) in [6, 6.07) is 12.1. The fraction of sp³-hybridized carbons (Fsp3) is 0.296. The molecule has 0 unspecified atom stereocenters. The molecule has 0 aliphatic heterocycles. The maximum absolute atomic E-state index is 12.8. The third kappa shape index (κ3) is 7.22. The minimum Gasteiger partial charge on any atom is -0.486 e. The Hall–Kier alpha value is -4.12. The van der Waals surface area contributed by atoms with Crippen molar-refractivity contribution in [1.29, 1.82) is 0 Å². The molecule has 0 aliphatic carbocycles. The molecule has 0 saturated carbocycles. The van der Waals surface area contributed by atoms with Crippen LogP contribution in [0.5, 0.6) is 5.75 Å². The number of ether oxygens (including phenoxy) is 3. The molecule has 0 saturated heterocycles. The number of methoxy groups -OCH3 is 2. The lowest BCUT2D eigenvalue weighted by molar-refractivity contribution is -0.113. The van der Waals surface area contributed by atoms with E-state index in [2.05, 4.69) is 35.9 Å². The average Bonchev–Trinajstić information content (AvgIpc) is 3.31. The zero-order valence-electron chi connectivity index (χ0n) is 21.7. The molecular formula is C27H30N4O6S. The first-order chi connectivity index (χ1) is 18.3. The summed E-state index contributed by atoms with van der Waals surface area (Å²) in [5.74, 6) is 0.0218. The van der Waals surface area contributed by atoms with Crippen LogP contribution in [0.25, 0.3) is 0 Å². The van der Waals surface area contributed by atoms with Crippen LogP contribution in [0.4, 0.5) is 5.69 Å². The highest BCUT2D eigenvalue weighted by atomic mass is 32.2. The van der Waals surface area contributed by atoms with Gasteiger partial charge in [0, 0.05) is 6.54 Å². The molecule has 1 N–H and O–H groups in total. The van der Waals surface area contributed by atoms with Gasteiger partial charge in [0.15, 0.2) is 11.0 Å². The number of benzene rings is 2. The molecule has 3 aromatic rings. The van der Waals surface area contributed by atoms with Gasteiger partial charge in [0.25, 0.3) is 0 Å². The molecule has 200 valence electrons. The van der Waals surface area contributed by atoms with E-state index < -0.39 is 17.8 Å². The highest BCUT2D eigenvalue weighted by Crippen LogP contribution is 2.23. The summed E-state index contributed by atoms with van der Waals surface area (Å²) in [7, 11) is 2.47. The van der Waals surface area contributed by atoms with Crippen molar-refractivity contribution in [1.82, 2.24) is 14.8 Å². The Bertz CT molecular complexity index is 1300. The van der Waals surface area contributed by atoms with Gasteiger partial charge in [-0.25, -0.2) is 9.59 Å². The van der Waals surface area contributed by atoms with E-state index in [1.165, 1.54) is 38.0 Å². The number of allylic oxidation sites excluding steroid dienone is 1. The third-order valence-electron chi connectivity index (χ3n) is 5.47. The smallest absolute Gasteiger partial charge is 0.339 e. The normalized spacial score (nSPS) is 10.7. The molecule has 11 heteroatoms. The Balaban J connectivity index is 1.68. The van der Waals surface area contributed by atoms with Gasteiger partial charge in [-0.15, -0.1) is 16.8 Å². The lowest BCUT2D eigenvalue weighted by atomic mass is 10.0. The molecule has 0 atom stereocenters. The molecule has 0 bridgehead atoms. The van der Waals surface area contributed by atoms with Crippen LogP contribution < -0.4 is 10.1 Å². The van der Waals surface area contributed by atoms with Crippen molar-refractivity contribution in [2.45, 2.75) is 38.1 Å².